The lowest BCUT2D eigenvalue weighted by atomic mass is 10.1. The third kappa shape index (κ3) is 2.84. The fraction of sp³-hybridized carbons (Fsp3) is 0. The zero-order chi connectivity index (χ0) is 14.7. The molecule has 0 aromatic heterocycles. The molecule has 1 amide bonds. The van der Waals surface area contributed by atoms with Crippen molar-refractivity contribution < 1.29 is 9.18 Å². The van der Waals surface area contributed by atoms with Crippen molar-refractivity contribution in [2.75, 3.05) is 16.8 Å². The molecule has 0 bridgehead atoms. The number of nitrogens with two attached hydrogens (primary N) is 2. The van der Waals surface area contributed by atoms with Gasteiger partial charge in [-0.2, -0.15) is 5.26 Å². The number of amides is 1. The molecule has 0 fully saturated rings. The highest BCUT2D eigenvalue weighted by Gasteiger charge is 2.09. The zero-order valence-electron chi connectivity index (χ0n) is 10.4. The standard InChI is InChI=1S/C14H11FN4O/c15-13-2-1-12(5-9(13)7-16)19-14(20)8-3-10(17)6-11(18)4-8/h1-6H,17-18H2,(H,19,20). The van der Waals surface area contributed by atoms with Gasteiger partial charge in [0.2, 0.25) is 0 Å². The molecule has 0 radical (unpaired) electrons. The van der Waals surface area contributed by atoms with E-state index in [2.05, 4.69) is 5.32 Å². The Bertz CT molecular complexity index is 701. The van der Waals surface area contributed by atoms with Crippen LogP contribution in [0.4, 0.5) is 21.5 Å². The van der Waals surface area contributed by atoms with Gasteiger partial charge in [-0.3, -0.25) is 4.79 Å². The second kappa shape index (κ2) is 5.28. The van der Waals surface area contributed by atoms with Crippen LogP contribution < -0.4 is 16.8 Å². The van der Waals surface area contributed by atoms with Crippen LogP contribution in [0, 0.1) is 17.1 Å². The molecule has 0 atom stereocenters. The molecule has 6 heteroatoms. The predicted molar refractivity (Wildman–Crippen MR) is 74.3 cm³/mol. The average Bonchev–Trinajstić information content (AvgIpc) is 2.39. The number of rotatable bonds is 2. The van der Waals surface area contributed by atoms with Crippen LogP contribution in [0.5, 0.6) is 0 Å². The first-order chi connectivity index (χ1) is 9.49. The maximum atomic E-state index is 13.2. The van der Waals surface area contributed by atoms with E-state index < -0.39 is 11.7 Å². The van der Waals surface area contributed by atoms with Gasteiger partial charge >= 0.3 is 0 Å². The Labute approximate surface area is 114 Å². The second-order valence-corrected chi connectivity index (χ2v) is 4.15. The smallest absolute Gasteiger partial charge is 0.255 e. The molecule has 2 aromatic rings. The van der Waals surface area contributed by atoms with Crippen LogP contribution in [0.3, 0.4) is 0 Å². The van der Waals surface area contributed by atoms with Crippen LogP contribution in [0.25, 0.3) is 0 Å². The highest BCUT2D eigenvalue weighted by atomic mass is 19.1. The van der Waals surface area contributed by atoms with E-state index in [1.165, 1.54) is 30.3 Å². The van der Waals surface area contributed by atoms with Crippen molar-refractivity contribution in [2.24, 2.45) is 0 Å². The van der Waals surface area contributed by atoms with Crippen LogP contribution in [0.15, 0.2) is 36.4 Å². The molecule has 0 aliphatic rings. The Hall–Kier alpha value is -3.07. The molecule has 0 aliphatic heterocycles. The number of hydrogen-bond acceptors (Lipinski definition) is 4. The van der Waals surface area contributed by atoms with Gasteiger partial charge in [0.05, 0.1) is 5.56 Å². The van der Waals surface area contributed by atoms with Crippen molar-refractivity contribution in [1.29, 1.82) is 5.26 Å². The molecule has 5 N–H and O–H groups in total. The third-order valence-electron chi connectivity index (χ3n) is 2.58. The summed E-state index contributed by atoms with van der Waals surface area (Å²) in [4.78, 5) is 12.0. The van der Waals surface area contributed by atoms with Crippen molar-refractivity contribution in [3.05, 3.63) is 53.3 Å². The number of nitrogen functional groups attached to an aromatic ring is 2. The van der Waals surface area contributed by atoms with Crippen LogP contribution >= 0.6 is 0 Å². The summed E-state index contributed by atoms with van der Waals surface area (Å²) in [6.45, 7) is 0. The highest BCUT2D eigenvalue weighted by molar-refractivity contribution is 6.05. The summed E-state index contributed by atoms with van der Waals surface area (Å²) in [5.41, 5.74) is 12.4. The Morgan fingerprint density at radius 3 is 2.40 bits per heavy atom. The number of halogens is 1. The quantitative estimate of drug-likeness (QED) is 0.727. The summed E-state index contributed by atoms with van der Waals surface area (Å²) >= 11 is 0. The lowest BCUT2D eigenvalue weighted by Crippen LogP contribution is -2.13. The zero-order valence-corrected chi connectivity index (χ0v) is 10.4. The van der Waals surface area contributed by atoms with E-state index in [1.807, 2.05) is 0 Å². The van der Waals surface area contributed by atoms with Gasteiger partial charge in [0, 0.05) is 22.6 Å². The monoisotopic (exact) mass is 270 g/mol. The Morgan fingerprint density at radius 1 is 1.15 bits per heavy atom. The summed E-state index contributed by atoms with van der Waals surface area (Å²) in [5, 5.41) is 11.3. The fourth-order valence-electron chi connectivity index (χ4n) is 1.70. The molecule has 5 nitrogen and oxygen atoms in total. The number of nitrogens with zero attached hydrogens (tertiary/aromatic N) is 1. The van der Waals surface area contributed by atoms with E-state index in [1.54, 1.807) is 6.07 Å². The Balaban J connectivity index is 2.26. The van der Waals surface area contributed by atoms with Crippen molar-refractivity contribution in [2.45, 2.75) is 0 Å². The molecular formula is C14H11FN4O. The van der Waals surface area contributed by atoms with Crippen LogP contribution in [0.1, 0.15) is 15.9 Å². The van der Waals surface area contributed by atoms with Gasteiger partial charge in [0.1, 0.15) is 11.9 Å². The maximum Gasteiger partial charge on any atom is 0.255 e. The number of nitriles is 1. The SMILES string of the molecule is N#Cc1cc(NC(=O)c2cc(N)cc(N)c2)ccc1F. The lowest BCUT2D eigenvalue weighted by Gasteiger charge is -2.07. The van der Waals surface area contributed by atoms with Crippen LogP contribution in [-0.2, 0) is 0 Å². The minimum atomic E-state index is -0.640. The van der Waals surface area contributed by atoms with E-state index in [0.717, 1.165) is 6.07 Å². The average molecular weight is 270 g/mol. The van der Waals surface area contributed by atoms with Gasteiger partial charge in [0.25, 0.3) is 5.91 Å². The second-order valence-electron chi connectivity index (χ2n) is 4.15. The van der Waals surface area contributed by atoms with Crippen molar-refractivity contribution in [3.8, 4) is 6.07 Å². The molecule has 0 saturated heterocycles. The number of nitrogens with one attached hydrogen (secondary N) is 1. The van der Waals surface area contributed by atoms with E-state index in [9.17, 15) is 9.18 Å². The highest BCUT2D eigenvalue weighted by Crippen LogP contribution is 2.17. The van der Waals surface area contributed by atoms with Crippen molar-refractivity contribution >= 4 is 23.0 Å². The third-order valence-corrected chi connectivity index (χ3v) is 2.58. The van der Waals surface area contributed by atoms with Gasteiger partial charge in [-0.05, 0) is 36.4 Å². The summed E-state index contributed by atoms with van der Waals surface area (Å²) in [7, 11) is 0. The maximum absolute atomic E-state index is 13.2. The van der Waals surface area contributed by atoms with Gasteiger partial charge in [-0.25, -0.2) is 4.39 Å². The molecule has 0 aliphatic carbocycles. The summed E-state index contributed by atoms with van der Waals surface area (Å²) in [6, 6.07) is 9.91. The molecule has 0 saturated carbocycles. The molecule has 20 heavy (non-hydrogen) atoms. The molecule has 2 rings (SSSR count). The topological polar surface area (TPSA) is 105 Å². The summed E-state index contributed by atoms with van der Waals surface area (Å²) in [6.07, 6.45) is 0. The number of carbonyl (C=O) groups excluding carboxylic acids is 1. The fourth-order valence-corrected chi connectivity index (χ4v) is 1.70. The number of anilines is 3. The predicted octanol–water partition coefficient (Wildman–Crippen LogP) is 2.11. The first-order valence-electron chi connectivity index (χ1n) is 5.66. The number of benzene rings is 2. The Morgan fingerprint density at radius 2 is 1.80 bits per heavy atom. The molecule has 2 aromatic carbocycles. The van der Waals surface area contributed by atoms with Crippen molar-refractivity contribution in [3.63, 3.8) is 0 Å². The first-order valence-corrected chi connectivity index (χ1v) is 5.66. The van der Waals surface area contributed by atoms with Crippen LogP contribution in [0.2, 0.25) is 0 Å². The molecule has 0 unspecified atom stereocenters. The van der Waals surface area contributed by atoms with E-state index in [-0.39, 0.29) is 11.1 Å². The molecule has 0 heterocycles. The first kappa shape index (κ1) is 13.4. The Kier molecular flexibility index (Phi) is 3.53. The van der Waals surface area contributed by atoms with Crippen molar-refractivity contribution in [1.82, 2.24) is 0 Å². The number of hydrogen-bond donors (Lipinski definition) is 3. The van der Waals surface area contributed by atoms with Crippen LogP contribution in [-0.4, -0.2) is 5.91 Å². The lowest BCUT2D eigenvalue weighted by molar-refractivity contribution is 0.102. The van der Waals surface area contributed by atoms with Gasteiger partial charge in [-0.1, -0.05) is 0 Å². The molecular weight excluding hydrogens is 259 g/mol. The molecule has 0 spiro atoms. The largest absolute Gasteiger partial charge is 0.399 e. The van der Waals surface area contributed by atoms with E-state index >= 15 is 0 Å². The van der Waals surface area contributed by atoms with E-state index in [0.29, 0.717) is 17.1 Å². The van der Waals surface area contributed by atoms with E-state index in [4.69, 9.17) is 16.7 Å². The van der Waals surface area contributed by atoms with Gasteiger partial charge in [-0.15, -0.1) is 0 Å². The summed E-state index contributed by atoms with van der Waals surface area (Å²) < 4.78 is 13.2. The number of carbonyl (C=O) groups is 1. The normalized spacial score (nSPS) is 9.80. The molecule has 100 valence electrons. The van der Waals surface area contributed by atoms with Gasteiger partial charge in [0.15, 0.2) is 0 Å². The summed E-state index contributed by atoms with van der Waals surface area (Å²) in [5.74, 6) is -1.09. The minimum Gasteiger partial charge on any atom is -0.399 e. The minimum absolute atomic E-state index is 0.144. The van der Waals surface area contributed by atoms with Gasteiger partial charge < -0.3 is 16.8 Å².